The lowest BCUT2D eigenvalue weighted by atomic mass is 10.1. The monoisotopic (exact) mass is 638 g/mol. The number of carbonyl (C=O) groups excluding carboxylic acids is 2. The summed E-state index contributed by atoms with van der Waals surface area (Å²) in [6, 6.07) is 8.81. The fraction of sp³-hybridized carbons (Fsp3) is 0.590. The van der Waals surface area contributed by atoms with Crippen molar-refractivity contribution >= 4 is 18.0 Å². The summed E-state index contributed by atoms with van der Waals surface area (Å²) in [5, 5.41) is 30.6. The number of aliphatic hydroxyl groups is 1. The topological polar surface area (TPSA) is 113 Å². The number of phenolic OH excluding ortho intramolecular Hbond substituents is 2. The van der Waals surface area contributed by atoms with E-state index < -0.39 is 12.1 Å². The molecule has 1 unspecified atom stereocenters. The molecule has 3 N–H and O–H groups in total. The minimum atomic E-state index is -1.17. The van der Waals surface area contributed by atoms with E-state index in [4.69, 9.17) is 9.47 Å². The van der Waals surface area contributed by atoms with Crippen LogP contribution in [0.1, 0.15) is 159 Å². The molecule has 0 fully saturated rings. The Bertz CT molecular complexity index is 1170. The summed E-state index contributed by atoms with van der Waals surface area (Å²) in [7, 11) is 0. The van der Waals surface area contributed by atoms with Gasteiger partial charge in [-0.15, -0.1) is 0 Å². The van der Waals surface area contributed by atoms with Crippen LogP contribution in [0.15, 0.2) is 42.5 Å². The highest BCUT2D eigenvalue weighted by atomic mass is 16.5. The van der Waals surface area contributed by atoms with Crippen molar-refractivity contribution in [2.24, 2.45) is 0 Å². The Morgan fingerprint density at radius 1 is 0.652 bits per heavy atom. The number of aromatic hydroxyl groups is 2. The predicted molar refractivity (Wildman–Crippen MR) is 185 cm³/mol. The Kier molecular flexibility index (Phi) is 20.2. The second-order valence-corrected chi connectivity index (χ2v) is 12.4. The van der Waals surface area contributed by atoms with Crippen LogP contribution in [-0.4, -0.2) is 27.3 Å². The molecule has 0 heterocycles. The van der Waals surface area contributed by atoms with Crippen molar-refractivity contribution in [1.29, 1.82) is 0 Å². The fourth-order valence-corrected chi connectivity index (χ4v) is 5.40. The summed E-state index contributed by atoms with van der Waals surface area (Å²) in [5.41, 5.74) is 0.733. The van der Waals surface area contributed by atoms with Crippen LogP contribution in [0.25, 0.3) is 6.08 Å². The maximum atomic E-state index is 12.8. The Morgan fingerprint density at radius 3 is 1.67 bits per heavy atom. The van der Waals surface area contributed by atoms with Gasteiger partial charge < -0.3 is 24.8 Å². The molecule has 1 atom stereocenters. The summed E-state index contributed by atoms with van der Waals surface area (Å²) in [6.45, 7) is 4.43. The van der Waals surface area contributed by atoms with E-state index in [9.17, 15) is 24.9 Å². The number of phenols is 2. The number of aliphatic hydroxyl groups excluding tert-OH is 1. The molecule has 0 aliphatic carbocycles. The van der Waals surface area contributed by atoms with Gasteiger partial charge in [0.2, 0.25) is 0 Å². The van der Waals surface area contributed by atoms with Crippen LogP contribution < -0.4 is 9.47 Å². The number of hydrogen-bond acceptors (Lipinski definition) is 7. The molecular formula is C39H58O7. The first-order valence-corrected chi connectivity index (χ1v) is 17.8. The van der Waals surface area contributed by atoms with Crippen LogP contribution in [0.4, 0.5) is 0 Å². The van der Waals surface area contributed by atoms with Gasteiger partial charge in [-0.3, -0.25) is 9.59 Å². The molecule has 46 heavy (non-hydrogen) atoms. The lowest BCUT2D eigenvalue weighted by Crippen LogP contribution is -2.12. The van der Waals surface area contributed by atoms with Crippen molar-refractivity contribution in [2.45, 2.75) is 148 Å². The van der Waals surface area contributed by atoms with Gasteiger partial charge >= 0.3 is 11.9 Å². The van der Waals surface area contributed by atoms with Crippen molar-refractivity contribution in [3.8, 4) is 23.0 Å². The molecule has 7 nitrogen and oxygen atoms in total. The number of benzene rings is 2. The van der Waals surface area contributed by atoms with Gasteiger partial charge in [-0.1, -0.05) is 129 Å². The van der Waals surface area contributed by atoms with Crippen LogP contribution >= 0.6 is 0 Å². The van der Waals surface area contributed by atoms with Crippen molar-refractivity contribution < 1.29 is 34.4 Å². The second-order valence-electron chi connectivity index (χ2n) is 12.4. The Balaban J connectivity index is 1.96. The maximum absolute atomic E-state index is 12.8. The molecule has 0 aliphatic rings. The summed E-state index contributed by atoms with van der Waals surface area (Å²) in [4.78, 5) is 25.4. The summed E-state index contributed by atoms with van der Waals surface area (Å²) in [6.07, 6.45) is 23.0. The van der Waals surface area contributed by atoms with E-state index in [1.807, 2.05) is 0 Å². The Labute approximate surface area is 277 Å². The molecule has 0 bridgehead atoms. The normalized spacial score (nSPS) is 12.0. The number of hydrogen-bond donors (Lipinski definition) is 3. The van der Waals surface area contributed by atoms with Crippen LogP contribution in [0.5, 0.6) is 23.0 Å². The fourth-order valence-electron chi connectivity index (χ4n) is 5.40. The molecule has 7 heteroatoms. The molecule has 0 aliphatic heterocycles. The lowest BCUT2D eigenvalue weighted by Gasteiger charge is -2.15. The van der Waals surface area contributed by atoms with Crippen molar-refractivity contribution in [3.05, 3.63) is 53.6 Å². The van der Waals surface area contributed by atoms with Gasteiger partial charge in [0.1, 0.15) is 29.1 Å². The average molecular weight is 639 g/mol. The highest BCUT2D eigenvalue weighted by molar-refractivity contribution is 5.74. The van der Waals surface area contributed by atoms with E-state index in [-0.39, 0.29) is 35.4 Å². The molecule has 0 amide bonds. The molecule has 0 aromatic heterocycles. The van der Waals surface area contributed by atoms with E-state index in [2.05, 4.69) is 13.8 Å². The zero-order valence-electron chi connectivity index (χ0n) is 28.3. The molecule has 2 aromatic carbocycles. The molecule has 0 saturated heterocycles. The number of unbranched alkanes of at least 4 members (excludes halogenated alkanes) is 16. The van der Waals surface area contributed by atoms with Gasteiger partial charge in [0, 0.05) is 36.1 Å². The van der Waals surface area contributed by atoms with Gasteiger partial charge in [0.25, 0.3) is 0 Å². The van der Waals surface area contributed by atoms with Crippen molar-refractivity contribution in [1.82, 2.24) is 0 Å². The number of rotatable bonds is 25. The maximum Gasteiger partial charge on any atom is 0.311 e. The van der Waals surface area contributed by atoms with Crippen LogP contribution in [0.2, 0.25) is 0 Å². The first-order valence-electron chi connectivity index (χ1n) is 17.8. The first-order chi connectivity index (χ1) is 22.3. The third kappa shape index (κ3) is 16.8. The largest absolute Gasteiger partial charge is 0.508 e. The summed E-state index contributed by atoms with van der Waals surface area (Å²) in [5.74, 6) is -0.575. The second kappa shape index (κ2) is 23.9. The van der Waals surface area contributed by atoms with Crippen LogP contribution in [0, 0.1) is 0 Å². The number of carbonyl (C=O) groups is 2. The van der Waals surface area contributed by atoms with Gasteiger partial charge in [0.05, 0.1) is 0 Å². The van der Waals surface area contributed by atoms with E-state index >= 15 is 0 Å². The highest BCUT2D eigenvalue weighted by Gasteiger charge is 2.17. The SMILES string of the molecule is CCCCCCCCCCCC(=O)Oc1ccc(C(O)C=Cc2ccc(O)cc2O)c(OC(=O)CCCCCCCCCCC)c1. The highest BCUT2D eigenvalue weighted by Crippen LogP contribution is 2.33. The average Bonchev–Trinajstić information content (AvgIpc) is 3.03. The van der Waals surface area contributed by atoms with Crippen molar-refractivity contribution in [3.63, 3.8) is 0 Å². The molecule has 0 saturated carbocycles. The minimum Gasteiger partial charge on any atom is -0.508 e. The smallest absolute Gasteiger partial charge is 0.311 e. The summed E-state index contributed by atoms with van der Waals surface area (Å²) >= 11 is 0. The standard InChI is InChI=1S/C39H58O7/c1-3-5-7-9-11-13-15-17-19-21-38(43)45-33-26-27-34(35(41)28-24-31-23-25-32(40)29-36(31)42)37(30-33)46-39(44)22-20-18-16-14-12-10-8-6-4-2/h23-30,35,40-42H,3-22H2,1-2H3. The first kappa shape index (κ1) is 38.9. The molecular weight excluding hydrogens is 580 g/mol. The van der Waals surface area contributed by atoms with Crippen LogP contribution in [-0.2, 0) is 9.59 Å². The molecule has 2 aromatic rings. The van der Waals surface area contributed by atoms with Crippen molar-refractivity contribution in [2.75, 3.05) is 0 Å². The Morgan fingerprint density at radius 2 is 1.15 bits per heavy atom. The minimum absolute atomic E-state index is 0.0701. The quantitative estimate of drug-likeness (QED) is 0.0563. The molecule has 2 rings (SSSR count). The van der Waals surface area contributed by atoms with E-state index in [1.165, 1.54) is 113 Å². The van der Waals surface area contributed by atoms with Gasteiger partial charge in [-0.2, -0.15) is 0 Å². The number of ether oxygens (including phenoxy) is 2. The van der Waals surface area contributed by atoms with E-state index in [0.717, 1.165) is 38.5 Å². The number of esters is 2. The van der Waals surface area contributed by atoms with E-state index in [1.54, 1.807) is 12.1 Å². The predicted octanol–water partition coefficient (Wildman–Crippen LogP) is 10.5. The molecule has 0 radical (unpaired) electrons. The molecule has 256 valence electrons. The van der Waals surface area contributed by atoms with Gasteiger partial charge in [-0.05, 0) is 37.1 Å². The van der Waals surface area contributed by atoms with Crippen LogP contribution in [0.3, 0.4) is 0 Å². The molecule has 0 spiro atoms. The van der Waals surface area contributed by atoms with Gasteiger partial charge in [-0.25, -0.2) is 0 Å². The zero-order valence-corrected chi connectivity index (χ0v) is 28.3. The lowest BCUT2D eigenvalue weighted by molar-refractivity contribution is -0.135. The zero-order chi connectivity index (χ0) is 33.4. The third-order valence-electron chi connectivity index (χ3n) is 8.20. The third-order valence-corrected chi connectivity index (χ3v) is 8.20. The summed E-state index contributed by atoms with van der Waals surface area (Å²) < 4.78 is 11.3. The Hall–Kier alpha value is -3.32. The van der Waals surface area contributed by atoms with Gasteiger partial charge in [0.15, 0.2) is 0 Å². The van der Waals surface area contributed by atoms with E-state index in [0.29, 0.717) is 17.5 Å².